The predicted octanol–water partition coefficient (Wildman–Crippen LogP) is 18.8. The standard InChI is InChI=1S/C76H135NO10/c1-4-7-10-13-16-19-22-24-26-28-30-32-34-36-37-39-41-43-45-48-51-54-57-60-63-69(80)75(84)77-67(68(79)62-59-56-53-50-47-21-18-15-12-9-6-3)66-85-76-74(73(83)72(82)70(65-78)86-76)87-71(81)64-61-58-55-52-49-46-44-42-40-38-35-33-31-29-27-25-23-20-17-14-11-8-5-2/h8,11,17,20,25,27,31,33,38,40,44,46,59,62,67-70,72-74,76,78-80,82-83H,4-7,9-10,12-16,18-19,21-24,26,28-30,32,34-37,39,41-43,45,47-58,60-61,63-66H2,1-3H3,(H,77,84)/b11-8-,20-17-,27-25-,33-31-,40-38-,46-44-,62-59+. The Labute approximate surface area is 533 Å². The first-order valence-electron chi connectivity index (χ1n) is 36.4. The molecular formula is C76H135NO10. The van der Waals surface area contributed by atoms with E-state index >= 15 is 0 Å². The summed E-state index contributed by atoms with van der Waals surface area (Å²) in [6.07, 6.45) is 73.5. The van der Waals surface area contributed by atoms with Crippen LogP contribution in [0.4, 0.5) is 0 Å². The van der Waals surface area contributed by atoms with Crippen LogP contribution in [0.1, 0.15) is 323 Å². The van der Waals surface area contributed by atoms with Gasteiger partial charge in [0, 0.05) is 6.42 Å². The van der Waals surface area contributed by atoms with Gasteiger partial charge in [0.25, 0.3) is 0 Å². The molecule has 1 rings (SSSR count). The van der Waals surface area contributed by atoms with Gasteiger partial charge in [0.2, 0.25) is 5.91 Å². The Balaban J connectivity index is 2.56. The fourth-order valence-corrected chi connectivity index (χ4v) is 11.1. The third kappa shape index (κ3) is 50.2. The zero-order valence-electron chi connectivity index (χ0n) is 56.1. The fraction of sp³-hybridized carbons (Fsp3) is 0.789. The molecule has 0 aromatic heterocycles. The fourth-order valence-electron chi connectivity index (χ4n) is 11.1. The molecule has 0 saturated carbocycles. The molecule has 1 amide bonds. The number of nitrogens with one attached hydrogen (secondary N) is 1. The van der Waals surface area contributed by atoms with Crippen LogP contribution in [0.3, 0.4) is 0 Å². The number of aliphatic hydroxyl groups excluding tert-OH is 5. The van der Waals surface area contributed by atoms with Gasteiger partial charge in [-0.2, -0.15) is 0 Å². The lowest BCUT2D eigenvalue weighted by molar-refractivity contribution is -0.305. The van der Waals surface area contributed by atoms with Crippen molar-refractivity contribution in [1.82, 2.24) is 5.32 Å². The second-order valence-corrected chi connectivity index (χ2v) is 24.9. The van der Waals surface area contributed by atoms with Gasteiger partial charge >= 0.3 is 5.97 Å². The highest BCUT2D eigenvalue weighted by Crippen LogP contribution is 2.26. The van der Waals surface area contributed by atoms with E-state index in [1.165, 1.54) is 173 Å². The maximum absolute atomic E-state index is 13.5. The third-order valence-corrected chi connectivity index (χ3v) is 16.8. The van der Waals surface area contributed by atoms with Crippen LogP contribution in [0, 0.1) is 0 Å². The van der Waals surface area contributed by atoms with Crippen molar-refractivity contribution in [3.05, 3.63) is 85.1 Å². The normalized spacial score (nSPS) is 18.7. The van der Waals surface area contributed by atoms with E-state index in [0.717, 1.165) is 103 Å². The summed E-state index contributed by atoms with van der Waals surface area (Å²) >= 11 is 0. The average molecular weight is 1220 g/mol. The lowest BCUT2D eigenvalue weighted by Gasteiger charge is -2.41. The molecule has 1 aliphatic heterocycles. The third-order valence-electron chi connectivity index (χ3n) is 16.8. The number of carbonyl (C=O) groups excluding carboxylic acids is 2. The summed E-state index contributed by atoms with van der Waals surface area (Å²) in [5.41, 5.74) is 0. The molecule has 504 valence electrons. The Morgan fingerprint density at radius 1 is 0.460 bits per heavy atom. The molecule has 0 radical (unpaired) electrons. The van der Waals surface area contributed by atoms with E-state index in [-0.39, 0.29) is 13.0 Å². The Hall–Kier alpha value is -3.16. The van der Waals surface area contributed by atoms with Crippen molar-refractivity contribution in [2.24, 2.45) is 0 Å². The van der Waals surface area contributed by atoms with Crippen molar-refractivity contribution >= 4 is 11.9 Å². The van der Waals surface area contributed by atoms with Gasteiger partial charge in [-0.25, -0.2) is 0 Å². The van der Waals surface area contributed by atoms with Crippen LogP contribution in [0.15, 0.2) is 85.1 Å². The number of unbranched alkanes of at least 4 members (excludes halogenated alkanes) is 36. The van der Waals surface area contributed by atoms with Gasteiger partial charge in [-0.05, 0) is 77.0 Å². The van der Waals surface area contributed by atoms with Crippen LogP contribution in [-0.4, -0.2) is 99.6 Å². The molecule has 0 aromatic carbocycles. The summed E-state index contributed by atoms with van der Waals surface area (Å²) < 4.78 is 17.7. The van der Waals surface area contributed by atoms with Gasteiger partial charge in [0.15, 0.2) is 12.4 Å². The molecule has 0 bridgehead atoms. The first-order valence-corrected chi connectivity index (χ1v) is 36.4. The van der Waals surface area contributed by atoms with Gasteiger partial charge in [-0.3, -0.25) is 9.59 Å². The molecule has 0 spiro atoms. The predicted molar refractivity (Wildman–Crippen MR) is 366 cm³/mol. The molecule has 11 heteroatoms. The molecule has 1 heterocycles. The van der Waals surface area contributed by atoms with Crippen molar-refractivity contribution in [1.29, 1.82) is 0 Å². The van der Waals surface area contributed by atoms with Crippen molar-refractivity contribution in [3.63, 3.8) is 0 Å². The number of esters is 1. The zero-order chi connectivity index (χ0) is 63.1. The lowest BCUT2D eigenvalue weighted by atomic mass is 9.99. The number of ether oxygens (including phenoxy) is 3. The number of rotatable bonds is 62. The van der Waals surface area contributed by atoms with Crippen LogP contribution < -0.4 is 5.32 Å². The van der Waals surface area contributed by atoms with Gasteiger partial charge in [0.1, 0.15) is 24.4 Å². The molecule has 11 nitrogen and oxygen atoms in total. The molecule has 0 aromatic rings. The molecule has 87 heavy (non-hydrogen) atoms. The SMILES string of the molecule is CC/C=C\C/C=C\C/C=C\C/C=C\C/C=C\C/C=C\CCCCCCC(=O)OC1C(OCC(NC(=O)C(O)CCCCCCCCCCCCCCCCCCCCCCCCCC)C(O)/C=C/CCCCCCCCCCC)OC(CO)C(O)C1O. The summed E-state index contributed by atoms with van der Waals surface area (Å²) in [4.78, 5) is 26.7. The molecular weight excluding hydrogens is 1090 g/mol. The minimum absolute atomic E-state index is 0.0913. The Kier molecular flexibility index (Phi) is 59.3. The van der Waals surface area contributed by atoms with Crippen LogP contribution in [0.2, 0.25) is 0 Å². The van der Waals surface area contributed by atoms with Crippen molar-refractivity contribution in [3.8, 4) is 0 Å². The van der Waals surface area contributed by atoms with Gasteiger partial charge < -0.3 is 45.1 Å². The van der Waals surface area contributed by atoms with E-state index in [1.54, 1.807) is 6.08 Å². The second-order valence-electron chi connectivity index (χ2n) is 24.9. The maximum atomic E-state index is 13.5. The van der Waals surface area contributed by atoms with E-state index in [4.69, 9.17) is 14.2 Å². The summed E-state index contributed by atoms with van der Waals surface area (Å²) in [7, 11) is 0. The van der Waals surface area contributed by atoms with Gasteiger partial charge in [-0.15, -0.1) is 0 Å². The molecule has 1 aliphatic rings. The summed E-state index contributed by atoms with van der Waals surface area (Å²) in [5.74, 6) is -1.21. The van der Waals surface area contributed by atoms with E-state index in [1.807, 2.05) is 6.08 Å². The largest absolute Gasteiger partial charge is 0.454 e. The average Bonchev–Trinajstić information content (AvgIpc) is 2.93. The lowest BCUT2D eigenvalue weighted by Crippen LogP contribution is -2.61. The van der Waals surface area contributed by atoms with E-state index in [9.17, 15) is 35.1 Å². The Morgan fingerprint density at radius 2 is 0.828 bits per heavy atom. The monoisotopic (exact) mass is 1220 g/mol. The zero-order valence-corrected chi connectivity index (χ0v) is 56.1. The molecule has 1 fully saturated rings. The highest BCUT2D eigenvalue weighted by molar-refractivity contribution is 5.80. The highest BCUT2D eigenvalue weighted by atomic mass is 16.7. The minimum Gasteiger partial charge on any atom is -0.454 e. The topological polar surface area (TPSA) is 175 Å². The molecule has 6 N–H and O–H groups in total. The summed E-state index contributed by atoms with van der Waals surface area (Å²) in [5, 5.41) is 57.2. The molecule has 8 atom stereocenters. The Morgan fingerprint density at radius 3 is 1.24 bits per heavy atom. The van der Waals surface area contributed by atoms with Crippen LogP contribution in [0.5, 0.6) is 0 Å². The highest BCUT2D eigenvalue weighted by Gasteiger charge is 2.47. The first-order chi connectivity index (χ1) is 42.7. The van der Waals surface area contributed by atoms with E-state index < -0.39 is 67.4 Å². The smallest absolute Gasteiger partial charge is 0.306 e. The second kappa shape index (κ2) is 63.0. The quantitative estimate of drug-likeness (QED) is 0.0195. The first kappa shape index (κ1) is 81.9. The van der Waals surface area contributed by atoms with Crippen molar-refractivity contribution in [2.45, 2.75) is 372 Å². The molecule has 1 saturated heterocycles. The number of hydrogen-bond donors (Lipinski definition) is 6. The Bertz CT molecular complexity index is 1740. The number of aliphatic hydroxyl groups is 5. The minimum atomic E-state index is -1.63. The van der Waals surface area contributed by atoms with Crippen LogP contribution in [0.25, 0.3) is 0 Å². The number of allylic oxidation sites excluding steroid dienone is 13. The van der Waals surface area contributed by atoms with Crippen molar-refractivity contribution < 1.29 is 49.3 Å². The van der Waals surface area contributed by atoms with Crippen LogP contribution in [-0.2, 0) is 23.8 Å². The van der Waals surface area contributed by atoms with Crippen LogP contribution >= 0.6 is 0 Å². The number of hydrogen-bond acceptors (Lipinski definition) is 10. The number of amides is 1. The number of carbonyl (C=O) groups is 2. The maximum Gasteiger partial charge on any atom is 0.306 e. The van der Waals surface area contributed by atoms with Gasteiger partial charge in [-0.1, -0.05) is 324 Å². The van der Waals surface area contributed by atoms with E-state index in [0.29, 0.717) is 19.3 Å². The summed E-state index contributed by atoms with van der Waals surface area (Å²) in [6, 6.07) is -1.03. The molecule has 0 aliphatic carbocycles. The summed E-state index contributed by atoms with van der Waals surface area (Å²) in [6.45, 7) is 5.69. The van der Waals surface area contributed by atoms with Gasteiger partial charge in [0.05, 0.1) is 25.4 Å². The van der Waals surface area contributed by atoms with E-state index in [2.05, 4.69) is 99.0 Å². The molecule has 8 unspecified atom stereocenters. The van der Waals surface area contributed by atoms with Crippen molar-refractivity contribution in [2.75, 3.05) is 13.2 Å².